The van der Waals surface area contributed by atoms with Crippen molar-refractivity contribution in [2.24, 2.45) is 0 Å². The van der Waals surface area contributed by atoms with Gasteiger partial charge in [0, 0.05) is 42.8 Å². The van der Waals surface area contributed by atoms with Crippen LogP contribution in [0.3, 0.4) is 0 Å². The highest BCUT2D eigenvalue weighted by molar-refractivity contribution is 9.10. The number of halogens is 1. The molecule has 4 rings (SSSR count). The van der Waals surface area contributed by atoms with Gasteiger partial charge in [-0.15, -0.1) is 0 Å². The maximum absolute atomic E-state index is 12.8. The number of benzene rings is 2. The normalized spacial score (nSPS) is 18.6. The third kappa shape index (κ3) is 3.92. The molecule has 1 saturated heterocycles. The van der Waals surface area contributed by atoms with Crippen molar-refractivity contribution in [3.63, 3.8) is 0 Å². The molecule has 27 heavy (non-hydrogen) atoms. The van der Waals surface area contributed by atoms with Crippen molar-refractivity contribution in [2.75, 3.05) is 26.2 Å². The van der Waals surface area contributed by atoms with E-state index < -0.39 is 10.0 Å². The van der Waals surface area contributed by atoms with Gasteiger partial charge in [0.05, 0.1) is 4.90 Å². The summed E-state index contributed by atoms with van der Waals surface area (Å²) in [6, 6.07) is 10.8. The molecule has 5 nitrogen and oxygen atoms in total. The lowest BCUT2D eigenvalue weighted by Gasteiger charge is -2.34. The number of aryl methyl sites for hydroxylation is 2. The van der Waals surface area contributed by atoms with E-state index in [1.54, 1.807) is 28.6 Å². The van der Waals surface area contributed by atoms with Gasteiger partial charge in [-0.2, -0.15) is 4.31 Å². The summed E-state index contributed by atoms with van der Waals surface area (Å²) in [6.45, 7) is 2.90. The van der Waals surface area contributed by atoms with Gasteiger partial charge < -0.3 is 5.11 Å². The quantitative estimate of drug-likeness (QED) is 0.776. The van der Waals surface area contributed by atoms with Crippen molar-refractivity contribution in [3.05, 3.63) is 57.6 Å². The van der Waals surface area contributed by atoms with Gasteiger partial charge in [0.1, 0.15) is 5.75 Å². The molecular formula is C20H23BrN2O3S. The predicted octanol–water partition coefficient (Wildman–Crippen LogP) is 3.15. The number of rotatable bonds is 4. The van der Waals surface area contributed by atoms with Crippen LogP contribution in [-0.4, -0.2) is 48.9 Å². The minimum absolute atomic E-state index is 0.329. The third-order valence-corrected chi connectivity index (χ3v) is 7.91. The van der Waals surface area contributed by atoms with Crippen LogP contribution in [0.4, 0.5) is 0 Å². The Morgan fingerprint density at radius 3 is 2.26 bits per heavy atom. The number of nitrogens with zero attached hydrogens (tertiary/aromatic N) is 2. The highest BCUT2D eigenvalue weighted by Gasteiger charge is 2.28. The zero-order valence-electron chi connectivity index (χ0n) is 15.1. The lowest BCUT2D eigenvalue weighted by atomic mass is 10.0. The summed E-state index contributed by atoms with van der Waals surface area (Å²) >= 11 is 3.34. The zero-order valence-corrected chi connectivity index (χ0v) is 17.5. The molecule has 144 valence electrons. The Morgan fingerprint density at radius 1 is 0.963 bits per heavy atom. The molecular weight excluding hydrogens is 428 g/mol. The number of piperazine rings is 1. The van der Waals surface area contributed by atoms with E-state index in [4.69, 9.17) is 0 Å². The molecule has 1 aliphatic carbocycles. The van der Waals surface area contributed by atoms with E-state index in [0.717, 1.165) is 29.3 Å². The maximum Gasteiger partial charge on any atom is 0.243 e. The fourth-order valence-electron chi connectivity index (χ4n) is 3.91. The van der Waals surface area contributed by atoms with Crippen LogP contribution in [0, 0.1) is 0 Å². The Kier molecular flexibility index (Phi) is 5.29. The lowest BCUT2D eigenvalue weighted by molar-refractivity contribution is 0.180. The molecule has 2 aliphatic rings. The van der Waals surface area contributed by atoms with Crippen molar-refractivity contribution in [3.8, 4) is 5.75 Å². The van der Waals surface area contributed by atoms with Gasteiger partial charge in [-0.3, -0.25) is 4.90 Å². The lowest BCUT2D eigenvalue weighted by Crippen LogP contribution is -2.48. The van der Waals surface area contributed by atoms with Gasteiger partial charge in [-0.05, 0) is 60.7 Å². The van der Waals surface area contributed by atoms with Crippen molar-refractivity contribution < 1.29 is 13.5 Å². The van der Waals surface area contributed by atoms with Crippen molar-refractivity contribution in [1.82, 2.24) is 9.21 Å². The van der Waals surface area contributed by atoms with Crippen LogP contribution in [0.15, 0.2) is 45.8 Å². The topological polar surface area (TPSA) is 60.9 Å². The Labute approximate surface area is 168 Å². The first kappa shape index (κ1) is 18.9. The smallest absolute Gasteiger partial charge is 0.243 e. The van der Waals surface area contributed by atoms with Crippen molar-refractivity contribution in [1.29, 1.82) is 0 Å². The first-order valence-corrected chi connectivity index (χ1v) is 11.5. The minimum Gasteiger partial charge on any atom is -0.508 e. The number of hydrogen-bond donors (Lipinski definition) is 1. The van der Waals surface area contributed by atoms with Crippen LogP contribution in [0.5, 0.6) is 5.75 Å². The average molecular weight is 451 g/mol. The first-order valence-electron chi connectivity index (χ1n) is 9.25. The van der Waals surface area contributed by atoms with E-state index in [9.17, 15) is 13.5 Å². The van der Waals surface area contributed by atoms with Crippen LogP contribution in [0.2, 0.25) is 0 Å². The largest absolute Gasteiger partial charge is 0.508 e. The van der Waals surface area contributed by atoms with Gasteiger partial charge in [-0.25, -0.2) is 8.42 Å². The molecule has 0 unspecified atom stereocenters. The van der Waals surface area contributed by atoms with Gasteiger partial charge >= 0.3 is 0 Å². The molecule has 1 aliphatic heterocycles. The molecule has 0 atom stereocenters. The van der Waals surface area contributed by atoms with Crippen LogP contribution in [0.1, 0.15) is 23.1 Å². The Hall–Kier alpha value is -1.41. The van der Waals surface area contributed by atoms with E-state index in [1.807, 2.05) is 6.07 Å². The highest BCUT2D eigenvalue weighted by Crippen LogP contribution is 2.30. The van der Waals surface area contributed by atoms with Crippen LogP contribution in [0.25, 0.3) is 0 Å². The maximum atomic E-state index is 12.8. The molecule has 0 aromatic heterocycles. The van der Waals surface area contributed by atoms with Gasteiger partial charge in [0.2, 0.25) is 10.0 Å². The Bertz CT molecular complexity index is 936. The summed E-state index contributed by atoms with van der Waals surface area (Å²) in [6.07, 6.45) is 3.29. The van der Waals surface area contributed by atoms with E-state index >= 15 is 0 Å². The fourth-order valence-corrected chi connectivity index (χ4v) is 5.60. The zero-order chi connectivity index (χ0) is 19.0. The number of aromatic hydroxyl groups is 1. The number of hydrogen-bond acceptors (Lipinski definition) is 4. The molecule has 0 saturated carbocycles. The van der Waals surface area contributed by atoms with Crippen LogP contribution in [-0.2, 0) is 29.4 Å². The minimum atomic E-state index is -3.45. The molecule has 0 spiro atoms. The molecule has 2 aromatic carbocycles. The van der Waals surface area contributed by atoms with Crippen molar-refractivity contribution in [2.45, 2.75) is 30.7 Å². The SMILES string of the molecule is O=S(=O)(c1ccc(Br)cc1)N1CCN(Cc2cc3c(cc2O)CCC3)CC1. The molecule has 1 N–H and O–H groups in total. The summed E-state index contributed by atoms with van der Waals surface area (Å²) in [5.41, 5.74) is 3.56. The van der Waals surface area contributed by atoms with Crippen molar-refractivity contribution >= 4 is 26.0 Å². The molecule has 7 heteroatoms. The molecule has 2 aromatic rings. The summed E-state index contributed by atoms with van der Waals surface area (Å²) in [7, 11) is -3.45. The van der Waals surface area contributed by atoms with Gasteiger partial charge in [-0.1, -0.05) is 22.0 Å². The fraction of sp³-hybridized carbons (Fsp3) is 0.400. The monoisotopic (exact) mass is 450 g/mol. The molecule has 0 amide bonds. The summed E-state index contributed by atoms with van der Waals surface area (Å²) < 4.78 is 28.0. The molecule has 1 heterocycles. The second kappa shape index (κ2) is 7.54. The number of fused-ring (bicyclic) bond motifs is 1. The van der Waals surface area contributed by atoms with E-state index in [-0.39, 0.29) is 0 Å². The molecule has 1 fully saturated rings. The van der Waals surface area contributed by atoms with Crippen LogP contribution < -0.4 is 0 Å². The first-order chi connectivity index (χ1) is 12.9. The summed E-state index contributed by atoms with van der Waals surface area (Å²) in [5.74, 6) is 0.362. The molecule has 0 bridgehead atoms. The van der Waals surface area contributed by atoms with Crippen LogP contribution >= 0.6 is 15.9 Å². The van der Waals surface area contributed by atoms with E-state index in [1.165, 1.54) is 11.1 Å². The van der Waals surface area contributed by atoms with Gasteiger partial charge in [0.25, 0.3) is 0 Å². The third-order valence-electron chi connectivity index (χ3n) is 5.47. The molecule has 0 radical (unpaired) electrons. The number of phenolic OH excluding ortho intramolecular Hbond substituents is 1. The predicted molar refractivity (Wildman–Crippen MR) is 108 cm³/mol. The Morgan fingerprint density at radius 2 is 1.59 bits per heavy atom. The Balaban J connectivity index is 1.41. The second-order valence-electron chi connectivity index (χ2n) is 7.24. The number of phenols is 1. The summed E-state index contributed by atoms with van der Waals surface area (Å²) in [4.78, 5) is 2.54. The van der Waals surface area contributed by atoms with E-state index in [0.29, 0.717) is 43.4 Å². The standard InChI is InChI=1S/C20H23BrN2O3S/c21-18-4-6-19(7-5-18)27(25,26)23-10-8-22(9-11-23)14-17-12-15-2-1-3-16(15)13-20(17)24/h4-7,12-13,24H,1-3,8-11,14H2. The number of sulfonamides is 1. The summed E-state index contributed by atoms with van der Waals surface area (Å²) in [5, 5.41) is 10.3. The highest BCUT2D eigenvalue weighted by atomic mass is 79.9. The van der Waals surface area contributed by atoms with E-state index in [2.05, 4.69) is 26.9 Å². The average Bonchev–Trinajstić information content (AvgIpc) is 3.10. The second-order valence-corrected chi connectivity index (χ2v) is 10.1. The van der Waals surface area contributed by atoms with Gasteiger partial charge in [0.15, 0.2) is 0 Å².